The molecule has 3 aromatic rings. The summed E-state index contributed by atoms with van der Waals surface area (Å²) in [4.78, 5) is 12.8. The monoisotopic (exact) mass is 461 g/mol. The lowest BCUT2D eigenvalue weighted by Gasteiger charge is -2.28. The van der Waals surface area contributed by atoms with Gasteiger partial charge in [0.1, 0.15) is 31.3 Å². The number of hydrogen-bond acceptors (Lipinski definition) is 6. The molecule has 176 valence electrons. The molecule has 5 rings (SSSR count). The van der Waals surface area contributed by atoms with Crippen LogP contribution in [-0.4, -0.2) is 47.4 Å². The lowest BCUT2D eigenvalue weighted by molar-refractivity contribution is -0.138. The van der Waals surface area contributed by atoms with Crippen molar-refractivity contribution >= 4 is 5.97 Å². The van der Waals surface area contributed by atoms with Gasteiger partial charge in [0.05, 0.1) is 6.54 Å². The largest absolute Gasteiger partial charge is 0.507 e. The summed E-state index contributed by atoms with van der Waals surface area (Å²) in [6.07, 6.45) is 0.673. The van der Waals surface area contributed by atoms with Gasteiger partial charge in [-0.1, -0.05) is 24.3 Å². The van der Waals surface area contributed by atoms with Crippen LogP contribution < -0.4 is 14.2 Å². The van der Waals surface area contributed by atoms with Crippen LogP contribution in [0.4, 0.5) is 0 Å². The maximum Gasteiger partial charge on any atom is 0.317 e. The lowest BCUT2D eigenvalue weighted by atomic mass is 9.96. The van der Waals surface area contributed by atoms with Crippen molar-refractivity contribution in [3.8, 4) is 34.1 Å². The number of carbonyl (C=O) groups is 1. The first kappa shape index (κ1) is 22.1. The van der Waals surface area contributed by atoms with Gasteiger partial charge < -0.3 is 24.4 Å². The number of phenolic OH excluding ortho intramolecular Hbond substituents is 1. The summed E-state index contributed by atoms with van der Waals surface area (Å²) in [5, 5.41) is 19.6. The summed E-state index contributed by atoms with van der Waals surface area (Å²) in [6, 6.07) is 15.7. The van der Waals surface area contributed by atoms with Crippen LogP contribution in [0.1, 0.15) is 22.3 Å². The van der Waals surface area contributed by atoms with Crippen molar-refractivity contribution in [2.75, 3.05) is 26.3 Å². The maximum atomic E-state index is 11.0. The Morgan fingerprint density at radius 1 is 1.09 bits per heavy atom. The van der Waals surface area contributed by atoms with Gasteiger partial charge in [0.25, 0.3) is 0 Å². The predicted molar refractivity (Wildman–Crippen MR) is 127 cm³/mol. The number of hydrogen-bond donors (Lipinski definition) is 2. The lowest BCUT2D eigenvalue weighted by Crippen LogP contribution is -2.34. The van der Waals surface area contributed by atoms with Gasteiger partial charge in [-0.3, -0.25) is 9.69 Å². The number of benzene rings is 3. The highest BCUT2D eigenvalue weighted by atomic mass is 16.6. The van der Waals surface area contributed by atoms with E-state index < -0.39 is 5.97 Å². The number of aromatic hydroxyl groups is 1. The topological polar surface area (TPSA) is 88.5 Å². The van der Waals surface area contributed by atoms with E-state index in [9.17, 15) is 9.90 Å². The molecule has 0 spiro atoms. The number of fused-ring (bicyclic) bond motifs is 2. The molecule has 0 bridgehead atoms. The van der Waals surface area contributed by atoms with E-state index in [2.05, 4.69) is 13.0 Å². The van der Waals surface area contributed by atoms with Crippen molar-refractivity contribution < 1.29 is 29.2 Å². The zero-order valence-corrected chi connectivity index (χ0v) is 19.0. The van der Waals surface area contributed by atoms with E-state index in [1.54, 1.807) is 6.07 Å². The van der Waals surface area contributed by atoms with Gasteiger partial charge in [0.2, 0.25) is 0 Å². The number of phenols is 1. The van der Waals surface area contributed by atoms with Gasteiger partial charge in [-0.15, -0.1) is 0 Å². The van der Waals surface area contributed by atoms with Crippen LogP contribution in [-0.2, 0) is 24.4 Å². The van der Waals surface area contributed by atoms with E-state index in [1.807, 2.05) is 41.3 Å². The highest BCUT2D eigenvalue weighted by Crippen LogP contribution is 2.37. The third-order valence-corrected chi connectivity index (χ3v) is 6.42. The Morgan fingerprint density at radius 3 is 2.74 bits per heavy atom. The fourth-order valence-corrected chi connectivity index (χ4v) is 4.61. The van der Waals surface area contributed by atoms with Gasteiger partial charge >= 0.3 is 5.97 Å². The first-order chi connectivity index (χ1) is 16.5. The van der Waals surface area contributed by atoms with Gasteiger partial charge in [0.15, 0.2) is 11.5 Å². The molecule has 2 heterocycles. The second kappa shape index (κ2) is 9.27. The van der Waals surface area contributed by atoms with Crippen molar-refractivity contribution in [1.82, 2.24) is 4.90 Å². The Bertz CT molecular complexity index is 1240. The van der Waals surface area contributed by atoms with Crippen LogP contribution in [0, 0.1) is 6.92 Å². The van der Waals surface area contributed by atoms with Crippen LogP contribution in [0.3, 0.4) is 0 Å². The highest BCUT2D eigenvalue weighted by Gasteiger charge is 2.22. The number of nitrogens with zero attached hydrogens (tertiary/aromatic N) is 1. The van der Waals surface area contributed by atoms with Gasteiger partial charge in [-0.05, 0) is 59.4 Å². The molecule has 2 aliphatic rings. The average molecular weight is 462 g/mol. The average Bonchev–Trinajstić information content (AvgIpc) is 2.83. The molecule has 34 heavy (non-hydrogen) atoms. The molecule has 0 fully saturated rings. The van der Waals surface area contributed by atoms with Crippen LogP contribution in [0.5, 0.6) is 23.0 Å². The Labute approximate surface area is 198 Å². The minimum absolute atomic E-state index is 0.0316. The fraction of sp³-hybridized carbons (Fsp3) is 0.296. The van der Waals surface area contributed by atoms with Crippen LogP contribution in [0.25, 0.3) is 11.1 Å². The number of carboxylic acids is 1. The molecule has 2 N–H and O–H groups in total. The third kappa shape index (κ3) is 4.52. The summed E-state index contributed by atoms with van der Waals surface area (Å²) >= 11 is 0. The first-order valence-corrected chi connectivity index (χ1v) is 11.4. The minimum Gasteiger partial charge on any atom is -0.507 e. The molecule has 0 saturated carbocycles. The first-order valence-electron chi connectivity index (χ1n) is 11.4. The predicted octanol–water partition coefficient (Wildman–Crippen LogP) is 4.16. The summed E-state index contributed by atoms with van der Waals surface area (Å²) < 4.78 is 17.5. The Morgan fingerprint density at radius 2 is 1.91 bits per heavy atom. The zero-order chi connectivity index (χ0) is 23.7. The van der Waals surface area contributed by atoms with E-state index in [1.165, 1.54) is 0 Å². The summed E-state index contributed by atoms with van der Waals surface area (Å²) in [6.45, 7) is 4.59. The molecule has 0 aromatic heterocycles. The van der Waals surface area contributed by atoms with E-state index in [0.29, 0.717) is 45.1 Å². The smallest absolute Gasteiger partial charge is 0.317 e. The van der Waals surface area contributed by atoms with Crippen LogP contribution >= 0.6 is 0 Å². The highest BCUT2D eigenvalue weighted by molar-refractivity contribution is 5.71. The van der Waals surface area contributed by atoms with E-state index in [-0.39, 0.29) is 12.3 Å². The van der Waals surface area contributed by atoms with Crippen molar-refractivity contribution in [2.24, 2.45) is 0 Å². The molecule has 0 saturated heterocycles. The summed E-state index contributed by atoms with van der Waals surface area (Å²) in [5.74, 6) is 1.41. The molecule has 0 radical (unpaired) electrons. The standard InChI is InChI=1S/C27H27NO6/c1-17-20(3-2-4-22(17)18-5-6-25-26(12-18)33-10-9-32-25)16-34-21-11-19-7-8-28(15-27(30)31)14-23(19)24(29)13-21/h2-6,11-13,29H,7-10,14-16H2,1H3,(H,30,31). The van der Waals surface area contributed by atoms with Gasteiger partial charge in [-0.25, -0.2) is 0 Å². The Balaban J connectivity index is 1.33. The van der Waals surface area contributed by atoms with E-state index in [4.69, 9.17) is 19.3 Å². The van der Waals surface area contributed by atoms with Crippen LogP contribution in [0.2, 0.25) is 0 Å². The van der Waals surface area contributed by atoms with Crippen LogP contribution in [0.15, 0.2) is 48.5 Å². The zero-order valence-electron chi connectivity index (χ0n) is 19.0. The molecule has 2 aliphatic heterocycles. The third-order valence-electron chi connectivity index (χ3n) is 6.42. The Hall–Kier alpha value is -3.71. The molecular formula is C27H27NO6. The quantitative estimate of drug-likeness (QED) is 0.570. The summed E-state index contributed by atoms with van der Waals surface area (Å²) in [5.41, 5.74) is 6.10. The Kier molecular flexibility index (Phi) is 6.02. The van der Waals surface area contributed by atoms with Crippen molar-refractivity contribution in [1.29, 1.82) is 0 Å². The second-order valence-electron chi connectivity index (χ2n) is 8.67. The van der Waals surface area contributed by atoms with Crippen molar-refractivity contribution in [3.05, 3.63) is 70.8 Å². The van der Waals surface area contributed by atoms with Crippen molar-refractivity contribution in [3.63, 3.8) is 0 Å². The number of carboxylic acid groups (broad SMARTS) is 1. The van der Waals surface area contributed by atoms with E-state index >= 15 is 0 Å². The normalized spacial score (nSPS) is 15.0. The number of rotatable bonds is 6. The minimum atomic E-state index is -0.864. The molecular weight excluding hydrogens is 434 g/mol. The molecule has 0 aliphatic carbocycles. The molecule has 7 nitrogen and oxygen atoms in total. The molecule has 0 atom stereocenters. The van der Waals surface area contributed by atoms with Gasteiger partial charge in [-0.2, -0.15) is 0 Å². The molecule has 0 unspecified atom stereocenters. The molecule has 3 aromatic carbocycles. The second-order valence-corrected chi connectivity index (χ2v) is 8.67. The number of aliphatic carboxylic acids is 1. The SMILES string of the molecule is Cc1c(COc2cc(O)c3c(c2)CCN(CC(=O)O)C3)cccc1-c1ccc2c(c1)OCCO2. The van der Waals surface area contributed by atoms with Crippen molar-refractivity contribution in [2.45, 2.75) is 26.5 Å². The van der Waals surface area contributed by atoms with E-state index in [0.717, 1.165) is 44.9 Å². The molecule has 0 amide bonds. The summed E-state index contributed by atoms with van der Waals surface area (Å²) in [7, 11) is 0. The maximum absolute atomic E-state index is 11.0. The van der Waals surface area contributed by atoms with Gasteiger partial charge in [0, 0.05) is 24.7 Å². The fourth-order valence-electron chi connectivity index (χ4n) is 4.61. The molecule has 7 heteroatoms. The number of ether oxygens (including phenoxy) is 3.